The van der Waals surface area contributed by atoms with Crippen LogP contribution in [0.25, 0.3) is 0 Å². The van der Waals surface area contributed by atoms with Crippen LogP contribution >= 0.6 is 0 Å². The van der Waals surface area contributed by atoms with Crippen molar-refractivity contribution in [3.05, 3.63) is 54.6 Å². The monoisotopic (exact) mass is 246 g/mol. The molecule has 0 bridgehead atoms. The summed E-state index contributed by atoms with van der Waals surface area (Å²) in [6.45, 7) is 4.35. The lowest BCUT2D eigenvalue weighted by Crippen LogP contribution is -2.25. The molecule has 96 valence electrons. The zero-order valence-corrected chi connectivity index (χ0v) is 10.5. The number of allylic oxidation sites excluding steroid dienone is 2. The second kappa shape index (κ2) is 6.38. The molecule has 2 atom stereocenters. The molecular formula is C15H18O3. The van der Waals surface area contributed by atoms with Gasteiger partial charge in [0, 0.05) is 12.0 Å². The SMILES string of the molecule is C=C/C=C\[C@@H]1CCO[C@H](c2ccc(OC)cc2)O1. The Bertz CT molecular complexity index is 408. The minimum atomic E-state index is -0.302. The van der Waals surface area contributed by atoms with E-state index in [9.17, 15) is 0 Å². The largest absolute Gasteiger partial charge is 0.497 e. The molecule has 0 radical (unpaired) electrons. The van der Waals surface area contributed by atoms with Crippen LogP contribution in [0.5, 0.6) is 5.75 Å². The van der Waals surface area contributed by atoms with E-state index >= 15 is 0 Å². The zero-order chi connectivity index (χ0) is 12.8. The van der Waals surface area contributed by atoms with E-state index in [1.165, 1.54) is 0 Å². The summed E-state index contributed by atoms with van der Waals surface area (Å²) in [6.07, 6.45) is 6.32. The maximum absolute atomic E-state index is 5.85. The fourth-order valence-corrected chi connectivity index (χ4v) is 1.84. The molecule has 1 heterocycles. The van der Waals surface area contributed by atoms with Crippen LogP contribution in [0.1, 0.15) is 18.3 Å². The van der Waals surface area contributed by atoms with Crippen LogP contribution in [-0.2, 0) is 9.47 Å². The summed E-state index contributed by atoms with van der Waals surface area (Å²) in [5.74, 6) is 0.831. The summed E-state index contributed by atoms with van der Waals surface area (Å²) in [6, 6.07) is 7.74. The Kier molecular flexibility index (Phi) is 4.56. The predicted octanol–water partition coefficient (Wildman–Crippen LogP) is 3.24. The van der Waals surface area contributed by atoms with Crippen molar-refractivity contribution in [3.8, 4) is 5.75 Å². The normalized spacial score (nSPS) is 24.1. The highest BCUT2D eigenvalue weighted by Gasteiger charge is 2.22. The van der Waals surface area contributed by atoms with Crippen LogP contribution in [0, 0.1) is 0 Å². The molecule has 0 saturated carbocycles. The van der Waals surface area contributed by atoms with Gasteiger partial charge < -0.3 is 14.2 Å². The smallest absolute Gasteiger partial charge is 0.184 e. The lowest BCUT2D eigenvalue weighted by Gasteiger charge is -2.28. The third kappa shape index (κ3) is 3.22. The van der Waals surface area contributed by atoms with Gasteiger partial charge in [0.05, 0.1) is 19.8 Å². The zero-order valence-electron chi connectivity index (χ0n) is 10.5. The van der Waals surface area contributed by atoms with Crippen molar-refractivity contribution >= 4 is 0 Å². The van der Waals surface area contributed by atoms with Crippen LogP contribution in [0.3, 0.4) is 0 Å². The average molecular weight is 246 g/mol. The second-order valence-corrected chi connectivity index (χ2v) is 4.06. The highest BCUT2D eigenvalue weighted by molar-refractivity contribution is 5.28. The summed E-state index contributed by atoms with van der Waals surface area (Å²) in [7, 11) is 1.65. The Labute approximate surface area is 108 Å². The molecule has 0 unspecified atom stereocenters. The first-order valence-corrected chi connectivity index (χ1v) is 6.03. The molecule has 18 heavy (non-hydrogen) atoms. The molecule has 2 rings (SSSR count). The number of benzene rings is 1. The van der Waals surface area contributed by atoms with Crippen LogP contribution in [0.2, 0.25) is 0 Å². The molecule has 0 amide bonds. The fraction of sp³-hybridized carbons (Fsp3) is 0.333. The highest BCUT2D eigenvalue weighted by atomic mass is 16.7. The molecule has 1 fully saturated rings. The maximum Gasteiger partial charge on any atom is 0.184 e. The molecule has 3 heteroatoms. The van der Waals surface area contributed by atoms with Gasteiger partial charge >= 0.3 is 0 Å². The average Bonchev–Trinajstić information content (AvgIpc) is 2.45. The van der Waals surface area contributed by atoms with Crippen molar-refractivity contribution < 1.29 is 14.2 Å². The maximum atomic E-state index is 5.85. The predicted molar refractivity (Wildman–Crippen MR) is 70.5 cm³/mol. The van der Waals surface area contributed by atoms with Crippen LogP contribution in [0.4, 0.5) is 0 Å². The third-order valence-corrected chi connectivity index (χ3v) is 2.82. The number of hydrogen-bond donors (Lipinski definition) is 0. The van der Waals surface area contributed by atoms with Gasteiger partial charge in [-0.3, -0.25) is 0 Å². The molecule has 1 saturated heterocycles. The van der Waals surface area contributed by atoms with E-state index in [1.807, 2.05) is 36.4 Å². The van der Waals surface area contributed by atoms with E-state index in [0.717, 1.165) is 17.7 Å². The van der Waals surface area contributed by atoms with Gasteiger partial charge in [-0.05, 0) is 12.1 Å². The Balaban J connectivity index is 2.03. The summed E-state index contributed by atoms with van der Waals surface area (Å²) in [5.41, 5.74) is 1.01. The quantitative estimate of drug-likeness (QED) is 0.763. The van der Waals surface area contributed by atoms with Crippen molar-refractivity contribution in [2.45, 2.75) is 18.8 Å². The molecule has 0 spiro atoms. The van der Waals surface area contributed by atoms with Crippen LogP contribution < -0.4 is 4.74 Å². The lowest BCUT2D eigenvalue weighted by molar-refractivity contribution is -0.204. The van der Waals surface area contributed by atoms with E-state index in [0.29, 0.717) is 6.61 Å². The van der Waals surface area contributed by atoms with E-state index in [2.05, 4.69) is 6.58 Å². The van der Waals surface area contributed by atoms with Gasteiger partial charge in [-0.1, -0.05) is 36.9 Å². The number of ether oxygens (including phenoxy) is 3. The Morgan fingerprint density at radius 2 is 2.11 bits per heavy atom. The van der Waals surface area contributed by atoms with E-state index in [4.69, 9.17) is 14.2 Å². The molecule has 3 nitrogen and oxygen atoms in total. The Morgan fingerprint density at radius 3 is 2.78 bits per heavy atom. The highest BCUT2D eigenvalue weighted by Crippen LogP contribution is 2.27. The number of hydrogen-bond acceptors (Lipinski definition) is 3. The Hall–Kier alpha value is -1.58. The van der Waals surface area contributed by atoms with Gasteiger partial charge in [-0.2, -0.15) is 0 Å². The van der Waals surface area contributed by atoms with Crippen molar-refractivity contribution in [2.75, 3.05) is 13.7 Å². The molecule has 1 aromatic rings. The van der Waals surface area contributed by atoms with Gasteiger partial charge in [-0.25, -0.2) is 0 Å². The first-order chi connectivity index (χ1) is 8.83. The van der Waals surface area contributed by atoms with Crippen molar-refractivity contribution in [3.63, 3.8) is 0 Å². The van der Waals surface area contributed by atoms with Gasteiger partial charge in [-0.15, -0.1) is 0 Å². The third-order valence-electron chi connectivity index (χ3n) is 2.82. The molecule has 0 aliphatic carbocycles. The lowest BCUT2D eigenvalue weighted by atomic mass is 10.1. The topological polar surface area (TPSA) is 27.7 Å². The van der Waals surface area contributed by atoms with E-state index in [-0.39, 0.29) is 12.4 Å². The van der Waals surface area contributed by atoms with Crippen molar-refractivity contribution in [1.82, 2.24) is 0 Å². The summed E-state index contributed by atoms with van der Waals surface area (Å²) >= 11 is 0. The summed E-state index contributed by atoms with van der Waals surface area (Å²) in [5, 5.41) is 0. The summed E-state index contributed by atoms with van der Waals surface area (Å²) in [4.78, 5) is 0. The molecule has 0 aromatic heterocycles. The fourth-order valence-electron chi connectivity index (χ4n) is 1.84. The van der Waals surface area contributed by atoms with Crippen molar-refractivity contribution in [2.24, 2.45) is 0 Å². The molecule has 1 aliphatic rings. The van der Waals surface area contributed by atoms with Gasteiger partial charge in [0.25, 0.3) is 0 Å². The molecule has 0 N–H and O–H groups in total. The summed E-state index contributed by atoms with van der Waals surface area (Å²) < 4.78 is 16.6. The standard InChI is InChI=1S/C15H18O3/c1-3-4-5-14-10-11-17-15(18-14)12-6-8-13(16-2)9-7-12/h3-9,14-15H,1,10-11H2,2H3/b5-4-/t14-,15+/m1/s1. The minimum Gasteiger partial charge on any atom is -0.497 e. The number of methoxy groups -OCH3 is 1. The van der Waals surface area contributed by atoms with Gasteiger partial charge in [0.15, 0.2) is 6.29 Å². The Morgan fingerprint density at radius 1 is 1.33 bits per heavy atom. The first kappa shape index (κ1) is 12.9. The van der Waals surface area contributed by atoms with Crippen LogP contribution in [0.15, 0.2) is 49.1 Å². The molecule has 1 aromatic carbocycles. The van der Waals surface area contributed by atoms with Crippen LogP contribution in [-0.4, -0.2) is 19.8 Å². The second-order valence-electron chi connectivity index (χ2n) is 4.06. The first-order valence-electron chi connectivity index (χ1n) is 6.03. The van der Waals surface area contributed by atoms with Gasteiger partial charge in [0.1, 0.15) is 5.75 Å². The minimum absolute atomic E-state index is 0.0869. The van der Waals surface area contributed by atoms with Crippen molar-refractivity contribution in [1.29, 1.82) is 0 Å². The molecular weight excluding hydrogens is 228 g/mol. The van der Waals surface area contributed by atoms with E-state index < -0.39 is 0 Å². The van der Waals surface area contributed by atoms with E-state index in [1.54, 1.807) is 13.2 Å². The van der Waals surface area contributed by atoms with Gasteiger partial charge in [0.2, 0.25) is 0 Å². The molecule has 1 aliphatic heterocycles. The number of rotatable bonds is 4.